The Morgan fingerprint density at radius 1 is 1.07 bits per heavy atom. The van der Waals surface area contributed by atoms with Gasteiger partial charge in [0.2, 0.25) is 5.71 Å². The maximum absolute atomic E-state index is 6.04. The van der Waals surface area contributed by atoms with Crippen LogP contribution in [0, 0.1) is 13.8 Å². The van der Waals surface area contributed by atoms with Crippen molar-refractivity contribution in [1.82, 2.24) is 4.98 Å². The molecule has 1 aliphatic heterocycles. The fourth-order valence-corrected chi connectivity index (χ4v) is 4.15. The quantitative estimate of drug-likeness (QED) is 0.396. The molecule has 3 aromatic heterocycles. The second-order valence-corrected chi connectivity index (χ2v) is 7.83. The van der Waals surface area contributed by atoms with Crippen LogP contribution in [0.2, 0.25) is 6.82 Å². The summed E-state index contributed by atoms with van der Waals surface area (Å²) < 4.78 is 8.23. The number of furan rings is 1. The molecule has 0 radical (unpaired) electrons. The van der Waals surface area contributed by atoms with Gasteiger partial charge in [0.15, 0.2) is 0 Å². The molecule has 142 valence electrons. The summed E-state index contributed by atoms with van der Waals surface area (Å²) in [4.78, 5) is 6.86. The highest BCUT2D eigenvalue weighted by Crippen LogP contribution is 2.26. The first kappa shape index (κ1) is 17.7. The zero-order chi connectivity index (χ0) is 20.1. The molecule has 0 bridgehead atoms. The van der Waals surface area contributed by atoms with E-state index in [-0.39, 0.29) is 6.85 Å². The largest absolute Gasteiger partial charge is 0.439 e. The van der Waals surface area contributed by atoms with Gasteiger partial charge in [-0.05, 0) is 55.5 Å². The summed E-state index contributed by atoms with van der Waals surface area (Å²) in [5, 5.41) is 2.14. The van der Waals surface area contributed by atoms with E-state index in [9.17, 15) is 0 Å². The minimum Gasteiger partial charge on any atom is -0.439 e. The number of aromatic nitrogens is 2. The second kappa shape index (κ2) is 6.62. The van der Waals surface area contributed by atoms with Crippen molar-refractivity contribution < 1.29 is 8.98 Å². The van der Waals surface area contributed by atoms with Gasteiger partial charge in [0.1, 0.15) is 5.42 Å². The second-order valence-electron chi connectivity index (χ2n) is 7.83. The monoisotopic (exact) mass is 380 g/mol. The van der Waals surface area contributed by atoms with Crippen LogP contribution in [0.4, 0.5) is 5.82 Å². The average molecular weight is 380 g/mol. The first-order valence-corrected chi connectivity index (χ1v) is 9.95. The van der Waals surface area contributed by atoms with Crippen molar-refractivity contribution >= 4 is 35.9 Å². The van der Waals surface area contributed by atoms with Gasteiger partial charge in [-0.3, -0.25) is 4.81 Å². The molecule has 29 heavy (non-hydrogen) atoms. The third-order valence-corrected chi connectivity index (χ3v) is 5.66. The molecule has 0 spiro atoms. The normalized spacial score (nSPS) is 13.2. The van der Waals surface area contributed by atoms with Crippen molar-refractivity contribution in [2.75, 3.05) is 4.81 Å². The molecule has 0 N–H and O–H groups in total. The molecule has 0 aliphatic carbocycles. The van der Waals surface area contributed by atoms with Crippen molar-refractivity contribution in [3.63, 3.8) is 0 Å². The maximum Gasteiger partial charge on any atom is 0.405 e. The van der Waals surface area contributed by atoms with Crippen LogP contribution in [0.1, 0.15) is 11.3 Å². The van der Waals surface area contributed by atoms with Crippen LogP contribution >= 0.6 is 0 Å². The maximum atomic E-state index is 6.04. The van der Waals surface area contributed by atoms with E-state index in [4.69, 9.17) is 4.42 Å². The van der Waals surface area contributed by atoms with Crippen LogP contribution in [0.3, 0.4) is 0 Å². The number of aryl methyl sites for hydroxylation is 3. The van der Waals surface area contributed by atoms with E-state index in [2.05, 4.69) is 96.0 Å². The Labute approximate surface area is 170 Å². The summed E-state index contributed by atoms with van der Waals surface area (Å²) in [6.07, 6.45) is 4.40. The summed E-state index contributed by atoms with van der Waals surface area (Å²) in [6, 6.07) is 17.0. The number of rotatable bonds is 2. The third kappa shape index (κ3) is 2.94. The minimum absolute atomic E-state index is 0.168. The molecular formula is C24H23BN3O+. The van der Waals surface area contributed by atoms with Gasteiger partial charge in [-0.2, -0.15) is 0 Å². The van der Waals surface area contributed by atoms with Gasteiger partial charge in [-0.15, -0.1) is 0 Å². The number of pyridine rings is 2. The lowest BCUT2D eigenvalue weighted by molar-refractivity contribution is -0.658. The lowest BCUT2D eigenvalue weighted by Gasteiger charge is -2.20. The molecule has 5 rings (SSSR count). The highest BCUT2D eigenvalue weighted by Gasteiger charge is 2.30. The highest BCUT2D eigenvalue weighted by molar-refractivity contribution is 6.76. The van der Waals surface area contributed by atoms with E-state index in [1.54, 1.807) is 0 Å². The van der Waals surface area contributed by atoms with Gasteiger partial charge in [0, 0.05) is 11.8 Å². The first-order valence-electron chi connectivity index (χ1n) is 9.95. The van der Waals surface area contributed by atoms with Crippen LogP contribution in [-0.4, -0.2) is 11.8 Å². The van der Waals surface area contributed by atoms with Crippen molar-refractivity contribution in [1.29, 1.82) is 0 Å². The SMILES string of the molecule is CB1C=c2oc3nc(C)ccc3c2=CN1c1cc(-c2ccccc2)c(C)c[n+]1C. The smallest absolute Gasteiger partial charge is 0.405 e. The molecule has 0 fully saturated rings. The summed E-state index contributed by atoms with van der Waals surface area (Å²) >= 11 is 0. The third-order valence-electron chi connectivity index (χ3n) is 5.66. The van der Waals surface area contributed by atoms with Crippen molar-refractivity contribution in [2.24, 2.45) is 7.05 Å². The van der Waals surface area contributed by atoms with E-state index in [1.165, 1.54) is 16.7 Å². The number of benzene rings is 1. The molecule has 4 heterocycles. The van der Waals surface area contributed by atoms with Gasteiger partial charge in [-0.25, -0.2) is 9.55 Å². The summed E-state index contributed by atoms with van der Waals surface area (Å²) in [6.45, 7) is 6.51. The Hall–Kier alpha value is -3.34. The molecule has 0 saturated carbocycles. The predicted octanol–water partition coefficient (Wildman–Crippen LogP) is 3.14. The lowest BCUT2D eigenvalue weighted by Crippen LogP contribution is -2.47. The average Bonchev–Trinajstić information content (AvgIpc) is 3.04. The standard InChI is InChI=1S/C24H23BN3O/c1-16-14-27(4)23(12-20(16)18-8-6-5-7-9-18)28-15-21-19-11-10-17(2)26-24(19)29-22(21)13-25(28)3/h5-15H,1-4H3/q+1. The number of fused-ring (bicyclic) bond motifs is 3. The zero-order valence-electron chi connectivity index (χ0n) is 17.2. The van der Waals surface area contributed by atoms with Crippen molar-refractivity contribution in [3.05, 3.63) is 76.6 Å². The van der Waals surface area contributed by atoms with Crippen molar-refractivity contribution in [3.8, 4) is 11.1 Å². The Kier molecular flexibility index (Phi) is 4.05. The molecule has 5 heteroatoms. The fourth-order valence-electron chi connectivity index (χ4n) is 4.15. The first-order chi connectivity index (χ1) is 14.0. The molecule has 1 aromatic carbocycles. The van der Waals surface area contributed by atoms with Crippen LogP contribution in [-0.2, 0) is 7.05 Å². The van der Waals surface area contributed by atoms with E-state index >= 15 is 0 Å². The van der Waals surface area contributed by atoms with Crippen LogP contribution < -0.4 is 20.0 Å². The van der Waals surface area contributed by atoms with Crippen LogP contribution in [0.15, 0.2) is 59.1 Å². The van der Waals surface area contributed by atoms with Gasteiger partial charge in [0.05, 0.1) is 30.0 Å². The number of hydrogen-bond acceptors (Lipinski definition) is 3. The molecule has 4 aromatic rings. The predicted molar refractivity (Wildman–Crippen MR) is 119 cm³/mol. The van der Waals surface area contributed by atoms with Gasteiger partial charge in [-0.1, -0.05) is 30.3 Å². The fraction of sp³-hybridized carbons (Fsp3) is 0.167. The van der Waals surface area contributed by atoms with Crippen LogP contribution in [0.25, 0.3) is 34.4 Å². The Balaban J connectivity index is 1.71. The van der Waals surface area contributed by atoms with E-state index in [0.717, 1.165) is 27.5 Å². The summed E-state index contributed by atoms with van der Waals surface area (Å²) in [5.74, 6) is 3.31. The highest BCUT2D eigenvalue weighted by atomic mass is 16.3. The molecule has 0 saturated heterocycles. The van der Waals surface area contributed by atoms with Gasteiger partial charge >= 0.3 is 6.85 Å². The number of nitrogens with zero attached hydrogens (tertiary/aromatic N) is 3. The molecule has 0 amide bonds. The number of anilines is 1. The topological polar surface area (TPSA) is 33.2 Å². The Morgan fingerprint density at radius 2 is 1.86 bits per heavy atom. The molecule has 4 nitrogen and oxygen atoms in total. The summed E-state index contributed by atoms with van der Waals surface area (Å²) in [5.41, 5.74) is 6.31. The van der Waals surface area contributed by atoms with Gasteiger partial charge in [0.25, 0.3) is 5.82 Å². The molecular weight excluding hydrogens is 357 g/mol. The summed E-state index contributed by atoms with van der Waals surface area (Å²) in [7, 11) is 2.10. The van der Waals surface area contributed by atoms with E-state index < -0.39 is 0 Å². The van der Waals surface area contributed by atoms with Crippen LogP contribution in [0.5, 0.6) is 0 Å². The molecule has 1 aliphatic rings. The van der Waals surface area contributed by atoms with Gasteiger partial charge < -0.3 is 4.42 Å². The number of hydrogen-bond donors (Lipinski definition) is 0. The van der Waals surface area contributed by atoms with E-state index in [1.807, 2.05) is 13.0 Å². The van der Waals surface area contributed by atoms with E-state index in [0.29, 0.717) is 5.71 Å². The minimum atomic E-state index is 0.168. The zero-order valence-corrected chi connectivity index (χ0v) is 17.2. The molecule has 0 unspecified atom stereocenters. The molecule has 0 atom stereocenters. The lowest BCUT2D eigenvalue weighted by atomic mass is 9.62. The van der Waals surface area contributed by atoms with Crippen molar-refractivity contribution in [2.45, 2.75) is 20.7 Å². The Bertz CT molecular complexity index is 1360. The Morgan fingerprint density at radius 3 is 2.66 bits per heavy atom.